The second kappa shape index (κ2) is 9.46. The average Bonchev–Trinajstić information content (AvgIpc) is 3.44. The van der Waals surface area contributed by atoms with Crippen molar-refractivity contribution in [3.05, 3.63) is 88.4 Å². The molecule has 0 amide bonds. The quantitative estimate of drug-likeness (QED) is 0.255. The van der Waals surface area contributed by atoms with E-state index in [0.717, 1.165) is 55.3 Å². The van der Waals surface area contributed by atoms with E-state index in [2.05, 4.69) is 30.9 Å². The van der Waals surface area contributed by atoms with Crippen LogP contribution in [-0.4, -0.2) is 19.2 Å². The molecule has 1 aliphatic rings. The number of allylic oxidation sites excluding steroid dienone is 1. The Hall–Kier alpha value is -4.59. The lowest BCUT2D eigenvalue weighted by Gasteiger charge is -2.27. The third-order valence-corrected chi connectivity index (χ3v) is 7.67. The number of aromatic nitrogens is 1. The van der Waals surface area contributed by atoms with Gasteiger partial charge in [0.05, 0.1) is 19.9 Å². The lowest BCUT2D eigenvalue weighted by Crippen LogP contribution is -2.19. The van der Waals surface area contributed by atoms with Crippen molar-refractivity contribution in [3.63, 3.8) is 0 Å². The Kier molecular flexibility index (Phi) is 6.17. The second-order valence-corrected chi connectivity index (χ2v) is 10.2. The lowest BCUT2D eigenvalue weighted by molar-refractivity contribution is 0.415. The van der Waals surface area contributed by atoms with Gasteiger partial charge in [-0.2, -0.15) is 10.5 Å². The summed E-state index contributed by atoms with van der Waals surface area (Å²) in [5, 5.41) is 18.3. The second-order valence-electron chi connectivity index (χ2n) is 9.10. The van der Waals surface area contributed by atoms with Gasteiger partial charge in [-0.1, -0.05) is 13.8 Å². The monoisotopic (exact) mass is 504 g/mol. The summed E-state index contributed by atoms with van der Waals surface area (Å²) >= 11 is 1.58. The standard InChI is InChI=1S/C30H24N4O2S/c1-30(2)26-16-24(15-19(17-31)18-32)37-28(26)25-13-14-27(33-29(25)30)34(20-5-9-22(35-3)10-6-20)21-7-11-23(36-4)12-8-21/h5-16H,1-4H3. The van der Waals surface area contributed by atoms with Gasteiger partial charge in [-0.15, -0.1) is 11.3 Å². The van der Waals surface area contributed by atoms with Crippen LogP contribution in [0.25, 0.3) is 16.5 Å². The van der Waals surface area contributed by atoms with E-state index < -0.39 is 0 Å². The highest BCUT2D eigenvalue weighted by Gasteiger charge is 2.39. The predicted molar refractivity (Wildman–Crippen MR) is 147 cm³/mol. The molecule has 0 N–H and O–H groups in total. The van der Waals surface area contributed by atoms with Crippen LogP contribution in [0, 0.1) is 22.7 Å². The number of hydrogen-bond donors (Lipinski definition) is 0. The molecule has 0 saturated carbocycles. The molecule has 0 spiro atoms. The van der Waals surface area contributed by atoms with Crippen LogP contribution in [0.4, 0.5) is 17.2 Å². The molecule has 7 heteroatoms. The molecule has 0 radical (unpaired) electrons. The largest absolute Gasteiger partial charge is 0.497 e. The molecule has 182 valence electrons. The van der Waals surface area contributed by atoms with Crippen molar-refractivity contribution in [1.82, 2.24) is 4.98 Å². The SMILES string of the molecule is COc1ccc(N(c2ccc(OC)cc2)c2ccc3c(n2)C(C)(C)c2cc(C=C(C#N)C#N)sc2-3)cc1. The summed E-state index contributed by atoms with van der Waals surface area (Å²) in [4.78, 5) is 9.34. The molecule has 0 bridgehead atoms. The fourth-order valence-corrected chi connectivity index (χ4v) is 5.90. The number of anilines is 3. The Labute approximate surface area is 220 Å². The Morgan fingerprint density at radius 2 is 1.46 bits per heavy atom. The fraction of sp³-hybridized carbons (Fsp3) is 0.167. The highest BCUT2D eigenvalue weighted by Crippen LogP contribution is 2.52. The van der Waals surface area contributed by atoms with Gasteiger partial charge in [0.15, 0.2) is 0 Å². The zero-order valence-electron chi connectivity index (χ0n) is 20.9. The Morgan fingerprint density at radius 3 is 1.97 bits per heavy atom. The van der Waals surface area contributed by atoms with Crippen molar-refractivity contribution >= 4 is 34.6 Å². The van der Waals surface area contributed by atoms with E-state index in [1.165, 1.54) is 0 Å². The van der Waals surface area contributed by atoms with E-state index in [1.807, 2.05) is 66.7 Å². The van der Waals surface area contributed by atoms with Crippen LogP contribution in [0.5, 0.6) is 11.5 Å². The zero-order chi connectivity index (χ0) is 26.2. The van der Waals surface area contributed by atoms with E-state index in [9.17, 15) is 0 Å². The molecule has 0 fully saturated rings. The lowest BCUT2D eigenvalue weighted by atomic mass is 9.86. The van der Waals surface area contributed by atoms with E-state index in [4.69, 9.17) is 25.0 Å². The van der Waals surface area contributed by atoms with Crippen molar-refractivity contribution in [1.29, 1.82) is 10.5 Å². The molecule has 37 heavy (non-hydrogen) atoms. The Bertz CT molecular complexity index is 1520. The summed E-state index contributed by atoms with van der Waals surface area (Å²) in [5.74, 6) is 2.37. The maximum absolute atomic E-state index is 9.16. The van der Waals surface area contributed by atoms with Gasteiger partial charge in [0.25, 0.3) is 0 Å². The Morgan fingerprint density at radius 1 is 0.892 bits per heavy atom. The van der Waals surface area contributed by atoms with Crippen molar-refractivity contribution in [3.8, 4) is 34.1 Å². The van der Waals surface area contributed by atoms with Crippen LogP contribution in [-0.2, 0) is 5.41 Å². The molecule has 1 aliphatic carbocycles. The first-order valence-corrected chi connectivity index (χ1v) is 12.5. The third kappa shape index (κ3) is 4.20. The number of benzene rings is 2. The molecule has 2 aromatic heterocycles. The van der Waals surface area contributed by atoms with Crippen molar-refractivity contribution in [2.75, 3.05) is 19.1 Å². The highest BCUT2D eigenvalue weighted by atomic mass is 32.1. The average molecular weight is 505 g/mol. The summed E-state index contributed by atoms with van der Waals surface area (Å²) < 4.78 is 10.7. The van der Waals surface area contributed by atoms with Crippen LogP contribution in [0.15, 0.2) is 72.3 Å². The molecule has 4 aromatic rings. The van der Waals surface area contributed by atoms with E-state index in [0.29, 0.717) is 0 Å². The van der Waals surface area contributed by atoms with Gasteiger partial charge in [0.1, 0.15) is 35.0 Å². The minimum Gasteiger partial charge on any atom is -0.497 e. The van der Waals surface area contributed by atoms with Gasteiger partial charge in [-0.25, -0.2) is 4.98 Å². The van der Waals surface area contributed by atoms with Crippen LogP contribution < -0.4 is 14.4 Å². The van der Waals surface area contributed by atoms with E-state index >= 15 is 0 Å². The molecule has 5 rings (SSSR count). The number of pyridine rings is 1. The number of methoxy groups -OCH3 is 2. The Balaban J connectivity index is 1.62. The van der Waals surface area contributed by atoms with Gasteiger partial charge < -0.3 is 9.47 Å². The maximum Gasteiger partial charge on any atom is 0.137 e. The fourth-order valence-electron chi connectivity index (χ4n) is 4.61. The van der Waals surface area contributed by atoms with Gasteiger partial charge in [-0.05, 0) is 78.4 Å². The molecule has 0 aliphatic heterocycles. The number of hydrogen-bond acceptors (Lipinski definition) is 7. The molecule has 6 nitrogen and oxygen atoms in total. The van der Waals surface area contributed by atoms with Gasteiger partial charge >= 0.3 is 0 Å². The summed E-state index contributed by atoms with van der Waals surface area (Å²) in [6, 6.07) is 25.9. The van der Waals surface area contributed by atoms with Crippen LogP contribution >= 0.6 is 11.3 Å². The first-order chi connectivity index (χ1) is 17.9. The zero-order valence-corrected chi connectivity index (χ0v) is 21.8. The molecule has 0 unspecified atom stereocenters. The normalized spacial score (nSPS) is 12.5. The molecule has 0 saturated heterocycles. The minimum atomic E-state index is -0.339. The summed E-state index contributed by atoms with van der Waals surface area (Å²) in [7, 11) is 3.31. The maximum atomic E-state index is 9.16. The summed E-state index contributed by atoms with van der Waals surface area (Å²) in [5.41, 5.74) is 4.89. The van der Waals surface area contributed by atoms with E-state index in [-0.39, 0.29) is 11.0 Å². The number of rotatable bonds is 6. The van der Waals surface area contributed by atoms with E-state index in [1.54, 1.807) is 31.6 Å². The van der Waals surface area contributed by atoms with Crippen LogP contribution in [0.2, 0.25) is 0 Å². The molecule has 0 atom stereocenters. The van der Waals surface area contributed by atoms with Crippen molar-refractivity contribution in [2.24, 2.45) is 0 Å². The molecular weight excluding hydrogens is 480 g/mol. The number of nitriles is 2. The number of thiophene rings is 1. The smallest absolute Gasteiger partial charge is 0.137 e. The van der Waals surface area contributed by atoms with Crippen LogP contribution in [0.1, 0.15) is 30.0 Å². The number of nitrogens with zero attached hydrogens (tertiary/aromatic N) is 4. The molecular formula is C30H24N4O2S. The molecule has 2 heterocycles. The molecule has 2 aromatic carbocycles. The summed E-state index contributed by atoms with van der Waals surface area (Å²) in [6.07, 6.45) is 1.65. The van der Waals surface area contributed by atoms with Gasteiger partial charge in [0, 0.05) is 32.1 Å². The first kappa shape index (κ1) is 24.1. The number of ether oxygens (including phenoxy) is 2. The van der Waals surface area contributed by atoms with Crippen LogP contribution in [0.3, 0.4) is 0 Å². The summed E-state index contributed by atoms with van der Waals surface area (Å²) in [6.45, 7) is 4.32. The van der Waals surface area contributed by atoms with Gasteiger partial charge in [0.2, 0.25) is 0 Å². The highest BCUT2D eigenvalue weighted by molar-refractivity contribution is 7.16. The minimum absolute atomic E-state index is 0.0982. The first-order valence-electron chi connectivity index (χ1n) is 11.7. The predicted octanol–water partition coefficient (Wildman–Crippen LogP) is 7.37. The third-order valence-electron chi connectivity index (χ3n) is 6.56. The number of fused-ring (bicyclic) bond motifs is 3. The van der Waals surface area contributed by atoms with Gasteiger partial charge in [-0.3, -0.25) is 4.90 Å². The van der Waals surface area contributed by atoms with Crippen molar-refractivity contribution < 1.29 is 9.47 Å². The van der Waals surface area contributed by atoms with Crippen molar-refractivity contribution in [2.45, 2.75) is 19.3 Å². The topological polar surface area (TPSA) is 82.2 Å².